The van der Waals surface area contributed by atoms with Crippen molar-refractivity contribution in [3.05, 3.63) is 42.1 Å². The van der Waals surface area contributed by atoms with E-state index in [2.05, 4.69) is 15.0 Å². The van der Waals surface area contributed by atoms with Crippen LogP contribution in [0.5, 0.6) is 0 Å². The van der Waals surface area contributed by atoms with E-state index in [1.807, 2.05) is 0 Å². The molecular formula is C10H5F2N3O2. The molecule has 0 radical (unpaired) electrons. The van der Waals surface area contributed by atoms with Crippen molar-refractivity contribution in [3.63, 3.8) is 0 Å². The topological polar surface area (TPSA) is 76.0 Å². The standard InChI is InChI=1S/C10H5F2N3O2/c11-6-1-5(2-13-3-6)8-7(12)9(10(16)17)15-4-14-8/h1-4H,(H,16,17). The van der Waals surface area contributed by atoms with Crippen molar-refractivity contribution in [1.29, 1.82) is 0 Å². The zero-order chi connectivity index (χ0) is 12.4. The number of pyridine rings is 1. The third kappa shape index (κ3) is 2.07. The van der Waals surface area contributed by atoms with E-state index in [1.165, 1.54) is 6.20 Å². The third-order valence-corrected chi connectivity index (χ3v) is 1.97. The summed E-state index contributed by atoms with van der Waals surface area (Å²) < 4.78 is 26.6. The summed E-state index contributed by atoms with van der Waals surface area (Å²) in [5.41, 5.74) is -1.02. The van der Waals surface area contributed by atoms with Gasteiger partial charge in [0.05, 0.1) is 6.20 Å². The SMILES string of the molecule is O=C(O)c1ncnc(-c2cncc(F)c2)c1F. The first-order chi connectivity index (χ1) is 8.09. The van der Waals surface area contributed by atoms with E-state index in [9.17, 15) is 13.6 Å². The van der Waals surface area contributed by atoms with Crippen molar-refractivity contribution in [2.45, 2.75) is 0 Å². The van der Waals surface area contributed by atoms with Gasteiger partial charge in [0, 0.05) is 11.8 Å². The van der Waals surface area contributed by atoms with Gasteiger partial charge in [0.2, 0.25) is 0 Å². The maximum Gasteiger partial charge on any atom is 0.357 e. The van der Waals surface area contributed by atoms with E-state index in [0.29, 0.717) is 0 Å². The minimum atomic E-state index is -1.52. The van der Waals surface area contributed by atoms with Gasteiger partial charge in [-0.15, -0.1) is 0 Å². The Hall–Kier alpha value is -2.44. The second-order valence-electron chi connectivity index (χ2n) is 3.08. The van der Waals surface area contributed by atoms with Gasteiger partial charge in [-0.2, -0.15) is 0 Å². The van der Waals surface area contributed by atoms with E-state index in [1.54, 1.807) is 0 Å². The number of hydrogen-bond donors (Lipinski definition) is 1. The highest BCUT2D eigenvalue weighted by Crippen LogP contribution is 2.21. The Morgan fingerprint density at radius 3 is 2.65 bits per heavy atom. The van der Waals surface area contributed by atoms with Crippen molar-refractivity contribution >= 4 is 5.97 Å². The molecule has 0 spiro atoms. The largest absolute Gasteiger partial charge is 0.476 e. The van der Waals surface area contributed by atoms with E-state index >= 15 is 0 Å². The zero-order valence-electron chi connectivity index (χ0n) is 8.26. The van der Waals surface area contributed by atoms with Crippen molar-refractivity contribution in [3.8, 4) is 11.3 Å². The highest BCUT2D eigenvalue weighted by Gasteiger charge is 2.18. The molecule has 2 aromatic heterocycles. The predicted molar refractivity (Wildman–Crippen MR) is 52.1 cm³/mol. The van der Waals surface area contributed by atoms with Crippen LogP contribution in [0.3, 0.4) is 0 Å². The van der Waals surface area contributed by atoms with Crippen LogP contribution in [0, 0.1) is 11.6 Å². The van der Waals surface area contributed by atoms with Crippen molar-refractivity contribution in [2.75, 3.05) is 0 Å². The summed E-state index contributed by atoms with van der Waals surface area (Å²) in [6.07, 6.45) is 3.02. The lowest BCUT2D eigenvalue weighted by molar-refractivity contribution is 0.0684. The summed E-state index contributed by atoms with van der Waals surface area (Å²) in [7, 11) is 0. The predicted octanol–water partition coefficient (Wildman–Crippen LogP) is 1.51. The molecule has 5 nitrogen and oxygen atoms in total. The molecule has 0 aliphatic carbocycles. The van der Waals surface area contributed by atoms with Crippen LogP contribution < -0.4 is 0 Å². The van der Waals surface area contributed by atoms with E-state index in [-0.39, 0.29) is 11.3 Å². The highest BCUT2D eigenvalue weighted by molar-refractivity contribution is 5.87. The number of aromatic carboxylic acids is 1. The average molecular weight is 237 g/mol. The number of rotatable bonds is 2. The number of aromatic nitrogens is 3. The first-order valence-electron chi connectivity index (χ1n) is 4.44. The van der Waals surface area contributed by atoms with Crippen LogP contribution in [-0.4, -0.2) is 26.0 Å². The number of carboxylic acid groups (broad SMARTS) is 1. The van der Waals surface area contributed by atoms with Gasteiger partial charge in [-0.25, -0.2) is 23.5 Å². The molecule has 17 heavy (non-hydrogen) atoms. The molecule has 2 rings (SSSR count). The normalized spacial score (nSPS) is 10.2. The Labute approximate surface area is 93.8 Å². The molecular weight excluding hydrogens is 232 g/mol. The van der Waals surface area contributed by atoms with Crippen LogP contribution in [0.15, 0.2) is 24.8 Å². The molecule has 0 bridgehead atoms. The van der Waals surface area contributed by atoms with Crippen LogP contribution >= 0.6 is 0 Å². The lowest BCUT2D eigenvalue weighted by Gasteiger charge is -2.03. The summed E-state index contributed by atoms with van der Waals surface area (Å²) >= 11 is 0. The van der Waals surface area contributed by atoms with Gasteiger partial charge in [-0.1, -0.05) is 0 Å². The van der Waals surface area contributed by atoms with Gasteiger partial charge in [0.25, 0.3) is 0 Å². The fourth-order valence-corrected chi connectivity index (χ4v) is 1.26. The van der Waals surface area contributed by atoms with E-state index in [0.717, 1.165) is 18.6 Å². The van der Waals surface area contributed by atoms with Crippen molar-refractivity contribution < 1.29 is 18.7 Å². The average Bonchev–Trinajstić information content (AvgIpc) is 2.29. The lowest BCUT2D eigenvalue weighted by Crippen LogP contribution is -2.07. The van der Waals surface area contributed by atoms with Gasteiger partial charge in [-0.05, 0) is 6.07 Å². The fourth-order valence-electron chi connectivity index (χ4n) is 1.26. The minimum Gasteiger partial charge on any atom is -0.476 e. The Balaban J connectivity index is 2.60. The van der Waals surface area contributed by atoms with Gasteiger partial charge in [0.1, 0.15) is 17.8 Å². The Kier molecular flexibility index (Phi) is 2.73. The van der Waals surface area contributed by atoms with E-state index in [4.69, 9.17) is 5.11 Å². The van der Waals surface area contributed by atoms with Gasteiger partial charge in [0.15, 0.2) is 11.5 Å². The van der Waals surface area contributed by atoms with Crippen molar-refractivity contribution in [1.82, 2.24) is 15.0 Å². The molecule has 0 saturated heterocycles. The number of carbonyl (C=O) groups is 1. The monoisotopic (exact) mass is 237 g/mol. The first kappa shape index (κ1) is 11.1. The summed E-state index contributed by atoms with van der Waals surface area (Å²) in [4.78, 5) is 21.0. The Bertz CT molecular complexity index is 590. The van der Waals surface area contributed by atoms with Crippen LogP contribution in [0.2, 0.25) is 0 Å². The smallest absolute Gasteiger partial charge is 0.357 e. The lowest BCUT2D eigenvalue weighted by atomic mass is 10.1. The highest BCUT2D eigenvalue weighted by atomic mass is 19.1. The molecule has 0 amide bonds. The number of hydrogen-bond acceptors (Lipinski definition) is 4. The Morgan fingerprint density at radius 1 is 1.24 bits per heavy atom. The van der Waals surface area contributed by atoms with E-state index < -0.39 is 23.3 Å². The summed E-state index contributed by atoms with van der Waals surface area (Å²) in [6, 6.07) is 1.00. The molecule has 86 valence electrons. The summed E-state index contributed by atoms with van der Waals surface area (Å²) in [5, 5.41) is 8.67. The van der Waals surface area contributed by atoms with Gasteiger partial charge < -0.3 is 5.11 Å². The molecule has 1 N–H and O–H groups in total. The summed E-state index contributed by atoms with van der Waals surface area (Å²) in [6.45, 7) is 0. The van der Waals surface area contributed by atoms with Crippen LogP contribution in [0.1, 0.15) is 10.5 Å². The van der Waals surface area contributed by atoms with Crippen LogP contribution in [0.4, 0.5) is 8.78 Å². The Morgan fingerprint density at radius 2 is 2.00 bits per heavy atom. The maximum atomic E-state index is 13.7. The molecule has 7 heteroatoms. The molecule has 0 fully saturated rings. The van der Waals surface area contributed by atoms with Crippen LogP contribution in [0.25, 0.3) is 11.3 Å². The first-order valence-corrected chi connectivity index (χ1v) is 4.44. The quantitative estimate of drug-likeness (QED) is 0.856. The number of halogens is 2. The molecule has 0 aromatic carbocycles. The molecule has 0 atom stereocenters. The second-order valence-corrected chi connectivity index (χ2v) is 3.08. The minimum absolute atomic E-state index is 0.0485. The fraction of sp³-hybridized carbons (Fsp3) is 0. The molecule has 0 saturated carbocycles. The van der Waals surface area contributed by atoms with Gasteiger partial charge in [-0.3, -0.25) is 4.98 Å². The summed E-state index contributed by atoms with van der Waals surface area (Å²) in [5.74, 6) is -3.31. The molecule has 2 aromatic rings. The maximum absolute atomic E-state index is 13.7. The second kappa shape index (κ2) is 4.20. The number of nitrogens with zero attached hydrogens (tertiary/aromatic N) is 3. The molecule has 0 aliphatic heterocycles. The molecule has 0 unspecified atom stereocenters. The third-order valence-electron chi connectivity index (χ3n) is 1.97. The molecule has 0 aliphatic rings. The number of carboxylic acids is 1. The zero-order valence-corrected chi connectivity index (χ0v) is 8.26. The van der Waals surface area contributed by atoms with Crippen LogP contribution in [-0.2, 0) is 0 Å². The van der Waals surface area contributed by atoms with Gasteiger partial charge >= 0.3 is 5.97 Å². The van der Waals surface area contributed by atoms with Crippen molar-refractivity contribution in [2.24, 2.45) is 0 Å². The molecule has 2 heterocycles.